The van der Waals surface area contributed by atoms with E-state index in [0.29, 0.717) is 11.5 Å². The lowest BCUT2D eigenvalue weighted by Crippen LogP contribution is -2.20. The van der Waals surface area contributed by atoms with Crippen molar-refractivity contribution in [3.8, 4) is 0 Å². The number of rotatable bonds is 3. The number of carbonyl (C=O) groups is 1. The molecule has 0 aromatic heterocycles. The van der Waals surface area contributed by atoms with E-state index in [2.05, 4.69) is 13.8 Å². The monoisotopic (exact) mass is 206 g/mol. The molecule has 1 fully saturated rings. The molecule has 1 nitrogen and oxygen atoms in total. The van der Waals surface area contributed by atoms with Gasteiger partial charge in [-0.3, -0.25) is 0 Å². The first-order chi connectivity index (χ1) is 7.13. The van der Waals surface area contributed by atoms with Crippen molar-refractivity contribution >= 4 is 6.29 Å². The molecule has 1 aromatic rings. The van der Waals surface area contributed by atoms with E-state index in [1.807, 2.05) is 6.07 Å². The molecule has 0 aliphatic heterocycles. The molecule has 0 saturated heterocycles. The Morgan fingerprint density at radius 1 is 1.47 bits per heavy atom. The van der Waals surface area contributed by atoms with E-state index in [1.165, 1.54) is 6.07 Å². The Bertz CT molecular complexity index is 386. The van der Waals surface area contributed by atoms with Crippen LogP contribution < -0.4 is 0 Å². The lowest BCUT2D eigenvalue weighted by Gasteiger charge is -2.21. The first-order valence-corrected chi connectivity index (χ1v) is 5.33. The maximum atomic E-state index is 13.7. The first kappa shape index (κ1) is 10.3. The third-order valence-corrected chi connectivity index (χ3v) is 3.63. The summed E-state index contributed by atoms with van der Waals surface area (Å²) in [5, 5.41) is 0. The summed E-state index contributed by atoms with van der Waals surface area (Å²) in [5.41, 5.74) is 0.463. The summed E-state index contributed by atoms with van der Waals surface area (Å²) in [6.07, 6.45) is 1.75. The molecule has 0 spiro atoms. The fourth-order valence-electron chi connectivity index (χ4n) is 2.60. The SMILES string of the molecule is CC(C)C1(c2ccccc2F)CC1C=O. The summed E-state index contributed by atoms with van der Waals surface area (Å²) in [5.74, 6) is 0.106. The second kappa shape index (κ2) is 3.44. The minimum absolute atomic E-state index is 0.00519. The maximum absolute atomic E-state index is 13.7. The van der Waals surface area contributed by atoms with Crippen molar-refractivity contribution in [1.29, 1.82) is 0 Å². The van der Waals surface area contributed by atoms with E-state index in [0.717, 1.165) is 12.7 Å². The Morgan fingerprint density at radius 3 is 2.60 bits per heavy atom. The molecule has 0 radical (unpaired) electrons. The summed E-state index contributed by atoms with van der Waals surface area (Å²) >= 11 is 0. The van der Waals surface area contributed by atoms with E-state index >= 15 is 0 Å². The van der Waals surface area contributed by atoms with E-state index in [9.17, 15) is 9.18 Å². The van der Waals surface area contributed by atoms with Gasteiger partial charge in [0.2, 0.25) is 0 Å². The molecule has 80 valence electrons. The van der Waals surface area contributed by atoms with Crippen molar-refractivity contribution in [3.63, 3.8) is 0 Å². The van der Waals surface area contributed by atoms with Gasteiger partial charge in [-0.2, -0.15) is 0 Å². The zero-order valence-electron chi connectivity index (χ0n) is 9.03. The van der Waals surface area contributed by atoms with Crippen molar-refractivity contribution in [3.05, 3.63) is 35.6 Å². The Morgan fingerprint density at radius 2 is 2.13 bits per heavy atom. The summed E-state index contributed by atoms with van der Waals surface area (Å²) in [4.78, 5) is 10.8. The summed E-state index contributed by atoms with van der Waals surface area (Å²) in [7, 11) is 0. The zero-order valence-corrected chi connectivity index (χ0v) is 9.03. The number of carbonyl (C=O) groups excluding carboxylic acids is 1. The van der Waals surface area contributed by atoms with Gasteiger partial charge in [0.15, 0.2) is 0 Å². The zero-order chi connectivity index (χ0) is 11.1. The molecule has 2 unspecified atom stereocenters. The van der Waals surface area contributed by atoms with Crippen LogP contribution in [0.15, 0.2) is 24.3 Å². The lowest BCUT2D eigenvalue weighted by atomic mass is 9.82. The van der Waals surface area contributed by atoms with Crippen LogP contribution in [0.4, 0.5) is 4.39 Å². The van der Waals surface area contributed by atoms with Crippen LogP contribution in [0.1, 0.15) is 25.8 Å². The van der Waals surface area contributed by atoms with Gasteiger partial charge in [0.25, 0.3) is 0 Å². The largest absolute Gasteiger partial charge is 0.303 e. The molecule has 1 aromatic carbocycles. The fraction of sp³-hybridized carbons (Fsp3) is 0.462. The quantitative estimate of drug-likeness (QED) is 0.695. The highest BCUT2D eigenvalue weighted by Gasteiger charge is 2.58. The molecule has 15 heavy (non-hydrogen) atoms. The van der Waals surface area contributed by atoms with Gasteiger partial charge in [-0.15, -0.1) is 0 Å². The Balaban J connectivity index is 2.45. The van der Waals surface area contributed by atoms with Gasteiger partial charge in [-0.1, -0.05) is 32.0 Å². The normalized spacial score (nSPS) is 29.2. The van der Waals surface area contributed by atoms with Gasteiger partial charge in [0.05, 0.1) is 0 Å². The van der Waals surface area contributed by atoms with E-state index in [-0.39, 0.29) is 17.2 Å². The minimum atomic E-state index is -0.243. The van der Waals surface area contributed by atoms with Crippen molar-refractivity contribution in [2.24, 2.45) is 11.8 Å². The van der Waals surface area contributed by atoms with Crippen LogP contribution in [0.2, 0.25) is 0 Å². The molecule has 1 aliphatic rings. The van der Waals surface area contributed by atoms with Crippen molar-refractivity contribution in [2.45, 2.75) is 25.7 Å². The van der Waals surface area contributed by atoms with Crippen LogP contribution in [0, 0.1) is 17.7 Å². The van der Waals surface area contributed by atoms with Gasteiger partial charge >= 0.3 is 0 Å². The predicted molar refractivity (Wildman–Crippen MR) is 57.1 cm³/mol. The minimum Gasteiger partial charge on any atom is -0.303 e. The van der Waals surface area contributed by atoms with E-state index in [1.54, 1.807) is 12.1 Å². The number of hydrogen-bond donors (Lipinski definition) is 0. The molecule has 0 bridgehead atoms. The highest BCUT2D eigenvalue weighted by molar-refractivity contribution is 5.65. The van der Waals surface area contributed by atoms with Crippen LogP contribution in [-0.2, 0) is 10.2 Å². The highest BCUT2D eigenvalue weighted by Crippen LogP contribution is 2.58. The predicted octanol–water partition coefficient (Wildman–Crippen LogP) is 2.94. The second-order valence-corrected chi connectivity index (χ2v) is 4.62. The Labute approximate surface area is 89.3 Å². The standard InChI is InChI=1S/C13H15FO/c1-9(2)13(7-10(13)8-15)11-5-3-4-6-12(11)14/h3-6,8-10H,7H2,1-2H3. The first-order valence-electron chi connectivity index (χ1n) is 5.33. The smallest absolute Gasteiger partial charge is 0.126 e. The number of halogens is 1. The maximum Gasteiger partial charge on any atom is 0.126 e. The van der Waals surface area contributed by atoms with Crippen LogP contribution >= 0.6 is 0 Å². The van der Waals surface area contributed by atoms with Crippen LogP contribution in [0.25, 0.3) is 0 Å². The van der Waals surface area contributed by atoms with E-state index in [4.69, 9.17) is 0 Å². The molecular formula is C13H15FO. The van der Waals surface area contributed by atoms with Gasteiger partial charge in [-0.25, -0.2) is 4.39 Å². The fourth-order valence-corrected chi connectivity index (χ4v) is 2.60. The molecule has 2 heteroatoms. The number of aldehydes is 1. The molecule has 1 aliphatic carbocycles. The molecule has 0 amide bonds. The average molecular weight is 206 g/mol. The molecule has 2 rings (SSSR count). The Kier molecular flexibility index (Phi) is 2.37. The molecule has 0 heterocycles. The topological polar surface area (TPSA) is 17.1 Å². The van der Waals surface area contributed by atoms with Crippen molar-refractivity contribution in [2.75, 3.05) is 0 Å². The summed E-state index contributed by atoms with van der Waals surface area (Å²) in [6, 6.07) is 6.80. The van der Waals surface area contributed by atoms with Gasteiger partial charge in [-0.05, 0) is 24.0 Å². The highest BCUT2D eigenvalue weighted by atomic mass is 19.1. The van der Waals surface area contributed by atoms with Crippen LogP contribution in [0.3, 0.4) is 0 Å². The van der Waals surface area contributed by atoms with E-state index < -0.39 is 0 Å². The second-order valence-electron chi connectivity index (χ2n) is 4.62. The Hall–Kier alpha value is -1.18. The van der Waals surface area contributed by atoms with Gasteiger partial charge in [0.1, 0.15) is 12.1 Å². The summed E-state index contributed by atoms with van der Waals surface area (Å²) in [6.45, 7) is 4.10. The molecule has 0 N–H and O–H groups in total. The number of hydrogen-bond acceptors (Lipinski definition) is 1. The van der Waals surface area contributed by atoms with Crippen LogP contribution in [0.5, 0.6) is 0 Å². The molecule has 1 saturated carbocycles. The van der Waals surface area contributed by atoms with Crippen molar-refractivity contribution in [1.82, 2.24) is 0 Å². The van der Waals surface area contributed by atoms with Gasteiger partial charge in [0, 0.05) is 11.3 Å². The summed E-state index contributed by atoms with van der Waals surface area (Å²) < 4.78 is 13.7. The third-order valence-electron chi connectivity index (χ3n) is 3.63. The average Bonchev–Trinajstić information content (AvgIpc) is 2.94. The van der Waals surface area contributed by atoms with Gasteiger partial charge < -0.3 is 4.79 Å². The molecule has 2 atom stereocenters. The number of benzene rings is 1. The third kappa shape index (κ3) is 1.39. The lowest BCUT2D eigenvalue weighted by molar-refractivity contribution is -0.109. The van der Waals surface area contributed by atoms with Crippen LogP contribution in [-0.4, -0.2) is 6.29 Å². The molecular weight excluding hydrogens is 191 g/mol. The van der Waals surface area contributed by atoms with Crippen molar-refractivity contribution < 1.29 is 9.18 Å².